The predicted molar refractivity (Wildman–Crippen MR) is 104 cm³/mol. The van der Waals surface area contributed by atoms with Crippen LogP contribution in [0.3, 0.4) is 0 Å². The van der Waals surface area contributed by atoms with Crippen molar-refractivity contribution in [2.75, 3.05) is 13.1 Å². The van der Waals surface area contributed by atoms with E-state index in [-0.39, 0.29) is 24.2 Å². The number of amides is 2. The van der Waals surface area contributed by atoms with Crippen LogP contribution in [0.15, 0.2) is 48.9 Å². The van der Waals surface area contributed by atoms with E-state index in [0.717, 1.165) is 11.3 Å². The highest BCUT2D eigenvalue weighted by molar-refractivity contribution is 5.89. The molecule has 0 aliphatic carbocycles. The van der Waals surface area contributed by atoms with Crippen molar-refractivity contribution in [3.63, 3.8) is 0 Å². The maximum Gasteiger partial charge on any atom is 0.225 e. The molecule has 2 N–H and O–H groups in total. The predicted octanol–water partition coefficient (Wildman–Crippen LogP) is 0.969. The number of nitrogens with zero attached hydrogens (tertiary/aromatic N) is 5. The Morgan fingerprint density at radius 1 is 1.24 bits per heavy atom. The molecule has 0 saturated carbocycles. The van der Waals surface area contributed by atoms with Gasteiger partial charge in [-0.2, -0.15) is 5.10 Å². The number of pyridine rings is 2. The van der Waals surface area contributed by atoms with Crippen LogP contribution < -0.4 is 5.32 Å². The van der Waals surface area contributed by atoms with Gasteiger partial charge in [0.15, 0.2) is 5.82 Å². The number of hydrogen-bond donors (Lipinski definition) is 2. The van der Waals surface area contributed by atoms with E-state index in [0.29, 0.717) is 37.7 Å². The Bertz CT molecular complexity index is 975. The van der Waals surface area contributed by atoms with E-state index in [1.165, 1.54) is 0 Å². The average Bonchev–Trinajstić information content (AvgIpc) is 3.37. The number of likely N-dealkylation sites (tertiary alicyclic amines) is 1. The molecular weight excluding hydrogens is 370 g/mol. The lowest BCUT2D eigenvalue weighted by molar-refractivity contribution is -0.129. The summed E-state index contributed by atoms with van der Waals surface area (Å²) in [4.78, 5) is 39.1. The van der Waals surface area contributed by atoms with E-state index in [4.69, 9.17) is 0 Å². The van der Waals surface area contributed by atoms with E-state index in [1.54, 1.807) is 23.5 Å². The SMILES string of the molecule is O=C(NCCc1nc(-c2cccnc2)n[nH]1)C1CC(=O)N(Cc2ccccn2)C1. The molecular formula is C20H21N7O2. The van der Waals surface area contributed by atoms with Gasteiger partial charge in [0.2, 0.25) is 11.8 Å². The first-order chi connectivity index (χ1) is 14.2. The first kappa shape index (κ1) is 18.7. The van der Waals surface area contributed by atoms with Crippen molar-refractivity contribution in [3.05, 3.63) is 60.4 Å². The lowest BCUT2D eigenvalue weighted by Crippen LogP contribution is -2.34. The number of carbonyl (C=O) groups is 2. The third-order valence-corrected chi connectivity index (χ3v) is 4.78. The van der Waals surface area contributed by atoms with Crippen LogP contribution >= 0.6 is 0 Å². The number of rotatable bonds is 7. The normalized spacial score (nSPS) is 16.2. The lowest BCUT2D eigenvalue weighted by atomic mass is 10.1. The number of aromatic amines is 1. The van der Waals surface area contributed by atoms with Gasteiger partial charge in [-0.25, -0.2) is 4.98 Å². The second kappa shape index (κ2) is 8.59. The number of hydrogen-bond acceptors (Lipinski definition) is 6. The minimum absolute atomic E-state index is 0.0212. The Morgan fingerprint density at radius 2 is 2.17 bits per heavy atom. The van der Waals surface area contributed by atoms with Crippen molar-refractivity contribution in [2.45, 2.75) is 19.4 Å². The zero-order valence-electron chi connectivity index (χ0n) is 15.8. The summed E-state index contributed by atoms with van der Waals surface area (Å²) in [6.45, 7) is 1.26. The molecule has 1 aliphatic rings. The van der Waals surface area contributed by atoms with Gasteiger partial charge in [-0.15, -0.1) is 0 Å². The van der Waals surface area contributed by atoms with Gasteiger partial charge in [-0.3, -0.25) is 24.7 Å². The minimum Gasteiger partial charge on any atom is -0.355 e. The standard InChI is InChI=1S/C20H21N7O2/c28-18-10-15(12-27(18)13-16-5-1-2-8-22-16)20(29)23-9-6-17-24-19(26-25-17)14-4-3-7-21-11-14/h1-5,7-8,11,15H,6,9-10,12-13H2,(H,23,29)(H,24,25,26). The largest absolute Gasteiger partial charge is 0.355 e. The fourth-order valence-electron chi connectivity index (χ4n) is 3.27. The molecule has 9 nitrogen and oxygen atoms in total. The summed E-state index contributed by atoms with van der Waals surface area (Å²) in [7, 11) is 0. The monoisotopic (exact) mass is 391 g/mol. The summed E-state index contributed by atoms with van der Waals surface area (Å²) >= 11 is 0. The van der Waals surface area contributed by atoms with E-state index in [2.05, 4.69) is 30.5 Å². The molecule has 1 aliphatic heterocycles. The van der Waals surface area contributed by atoms with Crippen molar-refractivity contribution in [1.29, 1.82) is 0 Å². The van der Waals surface area contributed by atoms with Crippen molar-refractivity contribution < 1.29 is 9.59 Å². The molecule has 0 radical (unpaired) electrons. The number of H-pyrrole nitrogens is 1. The maximum absolute atomic E-state index is 12.4. The van der Waals surface area contributed by atoms with Crippen molar-refractivity contribution in [1.82, 2.24) is 35.4 Å². The summed E-state index contributed by atoms with van der Waals surface area (Å²) in [5.74, 6) is 0.780. The minimum atomic E-state index is -0.341. The molecule has 2 amide bonds. The van der Waals surface area contributed by atoms with Crippen LogP contribution in [0.5, 0.6) is 0 Å². The Labute approximate surface area is 167 Å². The highest BCUT2D eigenvalue weighted by atomic mass is 16.2. The molecule has 1 atom stereocenters. The molecule has 9 heteroatoms. The average molecular weight is 391 g/mol. The molecule has 3 aromatic heterocycles. The van der Waals surface area contributed by atoms with Crippen molar-refractivity contribution in [3.8, 4) is 11.4 Å². The third kappa shape index (κ3) is 4.63. The number of carbonyl (C=O) groups excluding carboxylic acids is 2. The quantitative estimate of drug-likeness (QED) is 0.620. The first-order valence-corrected chi connectivity index (χ1v) is 9.46. The van der Waals surface area contributed by atoms with Gasteiger partial charge in [-0.05, 0) is 24.3 Å². The molecule has 3 aromatic rings. The second-order valence-electron chi connectivity index (χ2n) is 6.88. The van der Waals surface area contributed by atoms with Gasteiger partial charge in [-0.1, -0.05) is 6.07 Å². The molecule has 148 valence electrons. The van der Waals surface area contributed by atoms with Gasteiger partial charge in [0.1, 0.15) is 5.82 Å². The van der Waals surface area contributed by atoms with Gasteiger partial charge in [0.25, 0.3) is 0 Å². The van der Waals surface area contributed by atoms with E-state index >= 15 is 0 Å². The Balaban J connectivity index is 1.25. The summed E-state index contributed by atoms with van der Waals surface area (Å²) in [6.07, 6.45) is 5.84. The fraction of sp³-hybridized carbons (Fsp3) is 0.300. The van der Waals surface area contributed by atoms with Crippen molar-refractivity contribution >= 4 is 11.8 Å². The van der Waals surface area contributed by atoms with Crippen molar-refractivity contribution in [2.24, 2.45) is 5.92 Å². The Morgan fingerprint density at radius 3 is 2.97 bits per heavy atom. The molecule has 4 rings (SSSR count). The van der Waals surface area contributed by atoms with Crippen LogP contribution in [0, 0.1) is 5.92 Å². The molecule has 1 unspecified atom stereocenters. The first-order valence-electron chi connectivity index (χ1n) is 9.46. The summed E-state index contributed by atoms with van der Waals surface area (Å²) in [5.41, 5.74) is 1.65. The molecule has 29 heavy (non-hydrogen) atoms. The molecule has 0 bridgehead atoms. The van der Waals surface area contributed by atoms with Crippen LogP contribution in [-0.2, 0) is 22.6 Å². The van der Waals surface area contributed by atoms with Crippen LogP contribution in [0.4, 0.5) is 0 Å². The fourth-order valence-corrected chi connectivity index (χ4v) is 3.27. The van der Waals surface area contributed by atoms with E-state index in [1.807, 2.05) is 30.3 Å². The summed E-state index contributed by atoms with van der Waals surface area (Å²) in [6, 6.07) is 9.30. The zero-order chi connectivity index (χ0) is 20.1. The Kier molecular flexibility index (Phi) is 5.55. The molecule has 4 heterocycles. The van der Waals surface area contributed by atoms with E-state index in [9.17, 15) is 9.59 Å². The smallest absolute Gasteiger partial charge is 0.225 e. The third-order valence-electron chi connectivity index (χ3n) is 4.78. The van der Waals surface area contributed by atoms with Gasteiger partial charge >= 0.3 is 0 Å². The summed E-state index contributed by atoms with van der Waals surface area (Å²) < 4.78 is 0. The molecule has 1 fully saturated rings. The van der Waals surface area contributed by atoms with Crippen LogP contribution in [-0.4, -0.2) is 55.0 Å². The zero-order valence-corrected chi connectivity index (χ0v) is 15.8. The number of aromatic nitrogens is 5. The van der Waals surface area contributed by atoms with Gasteiger partial charge in [0.05, 0.1) is 18.2 Å². The highest BCUT2D eigenvalue weighted by Crippen LogP contribution is 2.20. The molecule has 1 saturated heterocycles. The lowest BCUT2D eigenvalue weighted by Gasteiger charge is -2.16. The maximum atomic E-state index is 12.4. The van der Waals surface area contributed by atoms with Crippen LogP contribution in [0.2, 0.25) is 0 Å². The second-order valence-corrected chi connectivity index (χ2v) is 6.88. The van der Waals surface area contributed by atoms with Crippen LogP contribution in [0.25, 0.3) is 11.4 Å². The summed E-state index contributed by atoms with van der Waals surface area (Å²) in [5, 5.41) is 9.95. The highest BCUT2D eigenvalue weighted by Gasteiger charge is 2.34. The van der Waals surface area contributed by atoms with Gasteiger partial charge in [0, 0.05) is 50.1 Å². The Hall–Kier alpha value is -3.62. The van der Waals surface area contributed by atoms with Gasteiger partial charge < -0.3 is 10.2 Å². The topological polar surface area (TPSA) is 117 Å². The van der Waals surface area contributed by atoms with Crippen LogP contribution in [0.1, 0.15) is 17.9 Å². The molecule has 0 aromatic carbocycles. The van der Waals surface area contributed by atoms with E-state index < -0.39 is 0 Å². The molecule has 0 spiro atoms. The number of nitrogens with one attached hydrogen (secondary N) is 2.